The normalized spacial score (nSPS) is 11.3. The Morgan fingerprint density at radius 3 is 2.52 bits per heavy atom. The van der Waals surface area contributed by atoms with E-state index in [1.165, 1.54) is 22.5 Å². The maximum Gasteiger partial charge on any atom is 0.274 e. The second-order valence-electron chi connectivity index (χ2n) is 4.28. The number of hydrogen-bond acceptors (Lipinski definition) is 5. The minimum Gasteiger partial charge on any atom is -0.265 e. The lowest BCUT2D eigenvalue weighted by atomic mass is 10.1. The number of hydrogen-bond donors (Lipinski definition) is 0. The van der Waals surface area contributed by atoms with Crippen molar-refractivity contribution in [2.45, 2.75) is 18.1 Å². The summed E-state index contributed by atoms with van der Waals surface area (Å²) in [6.45, 7) is 3.45. The van der Waals surface area contributed by atoms with Gasteiger partial charge in [-0.25, -0.2) is 8.42 Å². The van der Waals surface area contributed by atoms with E-state index in [0.717, 1.165) is 11.3 Å². The first-order valence-corrected chi connectivity index (χ1v) is 8.51. The van der Waals surface area contributed by atoms with Crippen LogP contribution in [0.15, 0.2) is 39.9 Å². The van der Waals surface area contributed by atoms with Gasteiger partial charge in [0, 0.05) is 12.6 Å². The van der Waals surface area contributed by atoms with E-state index in [9.17, 15) is 18.5 Å². The number of sulfonamides is 1. The number of anilines is 1. The Balaban J connectivity index is 2.58. The summed E-state index contributed by atoms with van der Waals surface area (Å²) in [6.07, 6.45) is 0. The van der Waals surface area contributed by atoms with Gasteiger partial charge in [-0.1, -0.05) is 12.1 Å². The second-order valence-corrected chi connectivity index (χ2v) is 7.32. The fourth-order valence-corrected chi connectivity index (χ4v) is 4.70. The smallest absolute Gasteiger partial charge is 0.265 e. The number of rotatable bonds is 5. The van der Waals surface area contributed by atoms with Gasteiger partial charge in [0.15, 0.2) is 0 Å². The third-order valence-corrected chi connectivity index (χ3v) is 6.33. The van der Waals surface area contributed by atoms with Crippen molar-refractivity contribution < 1.29 is 13.3 Å². The number of nitro benzene ring substituents is 1. The molecule has 112 valence electrons. The molecule has 2 rings (SSSR count). The molecule has 0 spiro atoms. The fourth-order valence-electron chi connectivity index (χ4n) is 2.07. The molecule has 1 aromatic carbocycles. The van der Waals surface area contributed by atoms with E-state index >= 15 is 0 Å². The fraction of sp³-hybridized carbons (Fsp3) is 0.231. The van der Waals surface area contributed by atoms with Crippen molar-refractivity contribution in [2.75, 3.05) is 10.8 Å². The molecule has 6 nitrogen and oxygen atoms in total. The lowest BCUT2D eigenvalue weighted by Crippen LogP contribution is -2.30. The summed E-state index contributed by atoms with van der Waals surface area (Å²) in [5.41, 5.74) is 0.580. The monoisotopic (exact) mass is 326 g/mol. The number of nitrogens with zero attached hydrogens (tertiary/aromatic N) is 2. The van der Waals surface area contributed by atoms with Crippen LogP contribution in [0.5, 0.6) is 0 Å². The zero-order valence-electron chi connectivity index (χ0n) is 11.5. The molecule has 2 aromatic rings. The van der Waals surface area contributed by atoms with Crippen molar-refractivity contribution >= 4 is 32.7 Å². The Labute approximate surface area is 126 Å². The summed E-state index contributed by atoms with van der Waals surface area (Å²) in [7, 11) is -3.70. The highest BCUT2D eigenvalue weighted by Gasteiger charge is 2.27. The third kappa shape index (κ3) is 2.77. The molecule has 0 aliphatic heterocycles. The first-order chi connectivity index (χ1) is 9.89. The van der Waals surface area contributed by atoms with Gasteiger partial charge in [0.2, 0.25) is 0 Å². The second kappa shape index (κ2) is 5.82. The Morgan fingerprint density at radius 2 is 2.00 bits per heavy atom. The molecule has 0 aliphatic rings. The van der Waals surface area contributed by atoms with E-state index in [4.69, 9.17) is 0 Å². The number of thiophene rings is 1. The number of nitro groups is 1. The van der Waals surface area contributed by atoms with E-state index < -0.39 is 14.9 Å². The summed E-state index contributed by atoms with van der Waals surface area (Å²) in [4.78, 5) is 10.5. The number of benzene rings is 1. The molecule has 0 bridgehead atoms. The van der Waals surface area contributed by atoms with Crippen LogP contribution in [0, 0.1) is 17.0 Å². The van der Waals surface area contributed by atoms with Crippen LogP contribution in [0.2, 0.25) is 0 Å². The van der Waals surface area contributed by atoms with Crippen molar-refractivity contribution in [3.63, 3.8) is 0 Å². The molecule has 8 heteroatoms. The molecule has 0 radical (unpaired) electrons. The van der Waals surface area contributed by atoms with E-state index in [1.807, 2.05) is 0 Å². The van der Waals surface area contributed by atoms with Crippen molar-refractivity contribution in [2.24, 2.45) is 0 Å². The Morgan fingerprint density at radius 1 is 1.29 bits per heavy atom. The van der Waals surface area contributed by atoms with Gasteiger partial charge in [-0.15, -0.1) is 11.3 Å². The summed E-state index contributed by atoms with van der Waals surface area (Å²) in [6, 6.07) is 7.62. The molecule has 0 amide bonds. The molecule has 0 unspecified atom stereocenters. The topological polar surface area (TPSA) is 80.5 Å². The van der Waals surface area contributed by atoms with Crippen LogP contribution in [0.4, 0.5) is 11.4 Å². The van der Waals surface area contributed by atoms with Crippen LogP contribution >= 0.6 is 11.3 Å². The summed E-state index contributed by atoms with van der Waals surface area (Å²) < 4.78 is 26.7. The Hall–Kier alpha value is -1.93. The van der Waals surface area contributed by atoms with Gasteiger partial charge >= 0.3 is 0 Å². The molecule has 0 atom stereocenters. The quantitative estimate of drug-likeness (QED) is 0.624. The van der Waals surface area contributed by atoms with Gasteiger partial charge < -0.3 is 0 Å². The average Bonchev–Trinajstić information content (AvgIpc) is 2.95. The predicted molar refractivity (Wildman–Crippen MR) is 82.4 cm³/mol. The van der Waals surface area contributed by atoms with Gasteiger partial charge in [0.05, 0.1) is 16.2 Å². The zero-order chi connectivity index (χ0) is 15.6. The van der Waals surface area contributed by atoms with Crippen molar-refractivity contribution in [1.82, 2.24) is 0 Å². The standard InChI is InChI=1S/C13H14N2O4S2/c1-3-14(21(18,19)13-8-5-9-20-13)11-6-4-7-12(10(11)2)15(16)17/h4-9H,3H2,1-2H3. The van der Waals surface area contributed by atoms with Crippen LogP contribution in [-0.2, 0) is 10.0 Å². The molecule has 0 saturated heterocycles. The minimum absolute atomic E-state index is 0.0904. The first kappa shape index (κ1) is 15.5. The van der Waals surface area contributed by atoms with Crippen molar-refractivity contribution in [3.8, 4) is 0 Å². The molecule has 0 N–H and O–H groups in total. The Kier molecular flexibility index (Phi) is 4.29. The van der Waals surface area contributed by atoms with Gasteiger partial charge in [-0.2, -0.15) is 0 Å². The van der Waals surface area contributed by atoms with Crippen molar-refractivity contribution in [1.29, 1.82) is 0 Å². The highest BCUT2D eigenvalue weighted by Crippen LogP contribution is 2.32. The zero-order valence-corrected chi connectivity index (χ0v) is 13.1. The van der Waals surface area contributed by atoms with Crippen LogP contribution in [0.3, 0.4) is 0 Å². The van der Waals surface area contributed by atoms with Gasteiger partial charge in [-0.3, -0.25) is 14.4 Å². The van der Waals surface area contributed by atoms with Gasteiger partial charge in [-0.05, 0) is 31.4 Å². The Bertz CT molecular complexity index is 754. The third-order valence-electron chi connectivity index (χ3n) is 3.07. The predicted octanol–water partition coefficient (Wildman–Crippen LogP) is 3.18. The van der Waals surface area contributed by atoms with Crippen LogP contribution in [-0.4, -0.2) is 19.9 Å². The SMILES string of the molecule is CCN(c1cccc([N+](=O)[O-])c1C)S(=O)(=O)c1cccs1. The highest BCUT2D eigenvalue weighted by atomic mass is 32.2. The maximum atomic E-state index is 12.6. The van der Waals surface area contributed by atoms with Crippen molar-refractivity contribution in [3.05, 3.63) is 51.4 Å². The lowest BCUT2D eigenvalue weighted by molar-refractivity contribution is -0.385. The van der Waals surface area contributed by atoms with E-state index in [0.29, 0.717) is 11.3 Å². The van der Waals surface area contributed by atoms with Crippen LogP contribution in [0.25, 0.3) is 0 Å². The molecule has 1 aromatic heterocycles. The molecule has 1 heterocycles. The molecule has 0 saturated carbocycles. The largest absolute Gasteiger partial charge is 0.274 e. The van der Waals surface area contributed by atoms with Crippen LogP contribution in [0.1, 0.15) is 12.5 Å². The lowest BCUT2D eigenvalue weighted by Gasteiger charge is -2.23. The summed E-state index contributed by atoms with van der Waals surface area (Å²) in [5.74, 6) is 0. The summed E-state index contributed by atoms with van der Waals surface area (Å²) >= 11 is 1.12. The molecule has 21 heavy (non-hydrogen) atoms. The maximum absolute atomic E-state index is 12.6. The molecule has 0 aliphatic carbocycles. The molecular weight excluding hydrogens is 312 g/mol. The van der Waals surface area contributed by atoms with E-state index in [-0.39, 0.29) is 16.4 Å². The summed E-state index contributed by atoms with van der Waals surface area (Å²) in [5, 5.41) is 12.7. The average molecular weight is 326 g/mol. The van der Waals surface area contributed by atoms with E-state index in [2.05, 4.69) is 0 Å². The molecular formula is C13H14N2O4S2. The first-order valence-electron chi connectivity index (χ1n) is 6.19. The van der Waals surface area contributed by atoms with Gasteiger partial charge in [0.25, 0.3) is 15.7 Å². The highest BCUT2D eigenvalue weighted by molar-refractivity contribution is 7.94. The van der Waals surface area contributed by atoms with Crippen LogP contribution < -0.4 is 4.31 Å². The minimum atomic E-state index is -3.70. The molecule has 0 fully saturated rings. The van der Waals surface area contributed by atoms with E-state index in [1.54, 1.807) is 31.4 Å². The van der Waals surface area contributed by atoms with Gasteiger partial charge in [0.1, 0.15) is 4.21 Å².